The van der Waals surface area contributed by atoms with Crippen molar-refractivity contribution in [3.63, 3.8) is 0 Å². The standard InChI is InChI=1S/C12H10Br2FN3O/c1-2-16-11-10(14)12(18-6-17-11)19-9-4-3-7(13)5-8(9)15/h3-6H,2H2,1H3,(H,16,17,18). The Hall–Kier alpha value is -1.21. The summed E-state index contributed by atoms with van der Waals surface area (Å²) in [6.07, 6.45) is 1.36. The van der Waals surface area contributed by atoms with Crippen LogP contribution in [0.2, 0.25) is 0 Å². The van der Waals surface area contributed by atoms with Crippen molar-refractivity contribution in [2.24, 2.45) is 0 Å². The molecule has 0 aliphatic heterocycles. The topological polar surface area (TPSA) is 47.0 Å². The first kappa shape index (κ1) is 14.2. The summed E-state index contributed by atoms with van der Waals surface area (Å²) in [7, 11) is 0. The van der Waals surface area contributed by atoms with Gasteiger partial charge in [0.2, 0.25) is 5.88 Å². The first-order valence-corrected chi connectivity index (χ1v) is 7.07. The number of ether oxygens (including phenoxy) is 1. The Morgan fingerprint density at radius 3 is 2.79 bits per heavy atom. The maximum atomic E-state index is 13.7. The highest BCUT2D eigenvalue weighted by molar-refractivity contribution is 9.11. The van der Waals surface area contributed by atoms with E-state index >= 15 is 0 Å². The summed E-state index contributed by atoms with van der Waals surface area (Å²) in [5, 5.41) is 3.05. The van der Waals surface area contributed by atoms with Crippen molar-refractivity contribution in [1.29, 1.82) is 0 Å². The third kappa shape index (κ3) is 3.42. The van der Waals surface area contributed by atoms with Crippen LogP contribution in [0, 0.1) is 5.82 Å². The minimum Gasteiger partial charge on any atom is -0.435 e. The van der Waals surface area contributed by atoms with Crippen LogP contribution in [-0.4, -0.2) is 16.5 Å². The molecule has 0 radical (unpaired) electrons. The van der Waals surface area contributed by atoms with Gasteiger partial charge in [0, 0.05) is 11.0 Å². The number of halogens is 3. The minimum absolute atomic E-state index is 0.102. The molecular weight excluding hydrogens is 381 g/mol. The molecule has 1 aromatic carbocycles. The van der Waals surface area contributed by atoms with E-state index in [2.05, 4.69) is 47.1 Å². The molecule has 0 aliphatic rings. The number of benzene rings is 1. The Morgan fingerprint density at radius 1 is 1.32 bits per heavy atom. The molecule has 1 aromatic heterocycles. The highest BCUT2D eigenvalue weighted by Crippen LogP contribution is 2.33. The molecule has 0 atom stereocenters. The van der Waals surface area contributed by atoms with Gasteiger partial charge in [-0.2, -0.15) is 0 Å². The summed E-state index contributed by atoms with van der Waals surface area (Å²) in [5.74, 6) is 0.493. The van der Waals surface area contributed by atoms with Crippen LogP contribution >= 0.6 is 31.9 Å². The van der Waals surface area contributed by atoms with Gasteiger partial charge in [-0.15, -0.1) is 0 Å². The van der Waals surface area contributed by atoms with E-state index in [9.17, 15) is 4.39 Å². The molecule has 2 aromatic rings. The van der Waals surface area contributed by atoms with Crippen LogP contribution in [0.5, 0.6) is 11.6 Å². The molecule has 0 fully saturated rings. The summed E-state index contributed by atoms with van der Waals surface area (Å²) in [5.41, 5.74) is 0. The number of aromatic nitrogens is 2. The highest BCUT2D eigenvalue weighted by atomic mass is 79.9. The Morgan fingerprint density at radius 2 is 2.11 bits per heavy atom. The van der Waals surface area contributed by atoms with Crippen LogP contribution in [-0.2, 0) is 0 Å². The van der Waals surface area contributed by atoms with Gasteiger partial charge in [0.05, 0.1) is 0 Å². The monoisotopic (exact) mass is 389 g/mol. The summed E-state index contributed by atoms with van der Waals surface area (Å²) >= 11 is 6.52. The molecule has 4 nitrogen and oxygen atoms in total. The Balaban J connectivity index is 2.30. The Kier molecular flexibility index (Phi) is 4.71. The molecule has 0 amide bonds. The first-order valence-electron chi connectivity index (χ1n) is 5.49. The maximum absolute atomic E-state index is 13.7. The van der Waals surface area contributed by atoms with Crippen LogP contribution < -0.4 is 10.1 Å². The summed E-state index contributed by atoms with van der Waals surface area (Å²) in [4.78, 5) is 8.04. The lowest BCUT2D eigenvalue weighted by Gasteiger charge is -2.10. The molecule has 2 rings (SSSR count). The molecule has 100 valence electrons. The predicted octanol–water partition coefficient (Wildman–Crippen LogP) is 4.36. The molecule has 0 saturated carbocycles. The average molecular weight is 391 g/mol. The fourth-order valence-corrected chi connectivity index (χ4v) is 2.14. The van der Waals surface area contributed by atoms with E-state index in [4.69, 9.17) is 4.74 Å². The maximum Gasteiger partial charge on any atom is 0.239 e. The lowest BCUT2D eigenvalue weighted by atomic mass is 10.3. The summed E-state index contributed by atoms with van der Waals surface area (Å²) in [6, 6.07) is 4.55. The summed E-state index contributed by atoms with van der Waals surface area (Å²) in [6.45, 7) is 2.66. The zero-order valence-electron chi connectivity index (χ0n) is 9.95. The van der Waals surface area contributed by atoms with Gasteiger partial charge in [-0.05, 0) is 41.1 Å². The number of rotatable bonds is 4. The van der Waals surface area contributed by atoms with Gasteiger partial charge < -0.3 is 10.1 Å². The fraction of sp³-hybridized carbons (Fsp3) is 0.167. The first-order chi connectivity index (χ1) is 9.11. The van der Waals surface area contributed by atoms with E-state index in [1.807, 2.05) is 6.92 Å². The van der Waals surface area contributed by atoms with Gasteiger partial charge in [0.1, 0.15) is 16.6 Å². The second kappa shape index (κ2) is 6.29. The number of nitrogens with zero attached hydrogens (tertiary/aromatic N) is 2. The third-order valence-electron chi connectivity index (χ3n) is 2.20. The quantitative estimate of drug-likeness (QED) is 0.842. The second-order valence-electron chi connectivity index (χ2n) is 3.55. The van der Waals surface area contributed by atoms with Crippen LogP contribution in [0.25, 0.3) is 0 Å². The molecule has 1 N–H and O–H groups in total. The van der Waals surface area contributed by atoms with E-state index in [0.29, 0.717) is 21.3 Å². The van der Waals surface area contributed by atoms with Crippen LogP contribution in [0.4, 0.5) is 10.2 Å². The van der Waals surface area contributed by atoms with Gasteiger partial charge in [0.25, 0.3) is 0 Å². The SMILES string of the molecule is CCNc1ncnc(Oc2ccc(Br)cc2F)c1Br. The smallest absolute Gasteiger partial charge is 0.239 e. The van der Waals surface area contributed by atoms with E-state index in [1.54, 1.807) is 6.07 Å². The van der Waals surface area contributed by atoms with Crippen molar-refractivity contribution >= 4 is 37.7 Å². The van der Waals surface area contributed by atoms with E-state index in [0.717, 1.165) is 0 Å². The number of hydrogen-bond donors (Lipinski definition) is 1. The van der Waals surface area contributed by atoms with Crippen LogP contribution in [0.3, 0.4) is 0 Å². The third-order valence-corrected chi connectivity index (χ3v) is 3.41. The average Bonchev–Trinajstić information content (AvgIpc) is 2.37. The molecule has 0 saturated heterocycles. The highest BCUT2D eigenvalue weighted by Gasteiger charge is 2.12. The molecule has 0 bridgehead atoms. The number of nitrogens with one attached hydrogen (secondary N) is 1. The normalized spacial score (nSPS) is 10.3. The number of anilines is 1. The van der Waals surface area contributed by atoms with Crippen molar-refractivity contribution in [3.8, 4) is 11.6 Å². The molecule has 19 heavy (non-hydrogen) atoms. The van der Waals surface area contributed by atoms with Gasteiger partial charge in [-0.3, -0.25) is 0 Å². The molecule has 0 unspecified atom stereocenters. The predicted molar refractivity (Wildman–Crippen MR) is 78.1 cm³/mol. The molecule has 0 spiro atoms. The molecular formula is C12H10Br2FN3O. The molecule has 0 aliphatic carbocycles. The van der Waals surface area contributed by atoms with Gasteiger partial charge in [0.15, 0.2) is 11.6 Å². The van der Waals surface area contributed by atoms with Crippen molar-refractivity contribution in [2.75, 3.05) is 11.9 Å². The van der Waals surface area contributed by atoms with E-state index in [1.165, 1.54) is 18.5 Å². The van der Waals surface area contributed by atoms with Crippen LogP contribution in [0.15, 0.2) is 33.5 Å². The minimum atomic E-state index is -0.468. The van der Waals surface area contributed by atoms with Gasteiger partial charge in [-0.25, -0.2) is 14.4 Å². The fourth-order valence-electron chi connectivity index (χ4n) is 1.38. The summed E-state index contributed by atoms with van der Waals surface area (Å²) < 4.78 is 20.3. The van der Waals surface area contributed by atoms with Crippen molar-refractivity contribution < 1.29 is 9.13 Å². The Bertz CT molecular complexity index is 595. The zero-order chi connectivity index (χ0) is 13.8. The van der Waals surface area contributed by atoms with Gasteiger partial charge >= 0.3 is 0 Å². The van der Waals surface area contributed by atoms with E-state index in [-0.39, 0.29) is 11.6 Å². The zero-order valence-corrected chi connectivity index (χ0v) is 13.1. The van der Waals surface area contributed by atoms with Crippen molar-refractivity contribution in [3.05, 3.63) is 39.3 Å². The molecule has 7 heteroatoms. The largest absolute Gasteiger partial charge is 0.435 e. The van der Waals surface area contributed by atoms with Gasteiger partial charge in [-0.1, -0.05) is 15.9 Å². The van der Waals surface area contributed by atoms with E-state index < -0.39 is 5.82 Å². The van der Waals surface area contributed by atoms with Crippen LogP contribution in [0.1, 0.15) is 6.92 Å². The van der Waals surface area contributed by atoms with Crippen molar-refractivity contribution in [1.82, 2.24) is 9.97 Å². The lowest BCUT2D eigenvalue weighted by Crippen LogP contribution is -2.02. The Labute approximate surface area is 126 Å². The lowest BCUT2D eigenvalue weighted by molar-refractivity contribution is 0.424. The second-order valence-corrected chi connectivity index (χ2v) is 5.26. The molecule has 1 heterocycles. The number of hydrogen-bond acceptors (Lipinski definition) is 4. The van der Waals surface area contributed by atoms with Crippen molar-refractivity contribution in [2.45, 2.75) is 6.92 Å².